The zero-order chi connectivity index (χ0) is 16.4. The maximum absolute atomic E-state index is 12.5. The van der Waals surface area contributed by atoms with E-state index in [9.17, 15) is 9.90 Å². The molecule has 4 nitrogen and oxygen atoms in total. The largest absolute Gasteiger partial charge is 0.511 e. The van der Waals surface area contributed by atoms with Crippen molar-refractivity contribution in [2.45, 2.75) is 32.6 Å². The number of benzene rings is 1. The van der Waals surface area contributed by atoms with Crippen LogP contribution in [-0.4, -0.2) is 31.2 Å². The molecule has 2 atom stereocenters. The van der Waals surface area contributed by atoms with Gasteiger partial charge < -0.3 is 14.6 Å². The van der Waals surface area contributed by atoms with E-state index in [2.05, 4.69) is 6.92 Å². The number of Topliss-reactive ketones (excluding diaryl/α,β-unsaturated/α-hetero) is 1. The zero-order valence-electron chi connectivity index (χ0n) is 13.8. The predicted octanol–water partition coefficient (Wildman–Crippen LogP) is 3.54. The molecule has 1 N–H and O–H groups in total. The first kappa shape index (κ1) is 16.1. The number of hydrogen-bond acceptors (Lipinski definition) is 4. The molecule has 1 fully saturated rings. The molecule has 0 radical (unpaired) electrons. The number of aliphatic hydroxyl groups is 1. The Balaban J connectivity index is 1.93. The Kier molecular flexibility index (Phi) is 4.71. The van der Waals surface area contributed by atoms with E-state index in [1.165, 1.54) is 0 Å². The highest BCUT2D eigenvalue weighted by Crippen LogP contribution is 2.40. The SMILES string of the molecule is CCc1ccc(OC)cc1C1=C(O)C(CC2CCOC2)CC1=O. The maximum Gasteiger partial charge on any atom is 0.167 e. The highest BCUT2D eigenvalue weighted by Gasteiger charge is 2.36. The summed E-state index contributed by atoms with van der Waals surface area (Å²) >= 11 is 0. The predicted molar refractivity (Wildman–Crippen MR) is 88.6 cm³/mol. The number of allylic oxidation sites excluding steroid dienone is 2. The van der Waals surface area contributed by atoms with Crippen molar-refractivity contribution in [2.75, 3.05) is 20.3 Å². The minimum atomic E-state index is -0.0693. The van der Waals surface area contributed by atoms with Crippen LogP contribution in [0, 0.1) is 11.8 Å². The molecular weight excluding hydrogens is 292 g/mol. The Morgan fingerprint density at radius 2 is 2.22 bits per heavy atom. The van der Waals surface area contributed by atoms with Crippen molar-refractivity contribution in [1.29, 1.82) is 0 Å². The second-order valence-electron chi connectivity index (χ2n) is 6.43. The topological polar surface area (TPSA) is 55.8 Å². The van der Waals surface area contributed by atoms with Gasteiger partial charge in [0.25, 0.3) is 0 Å². The van der Waals surface area contributed by atoms with Crippen molar-refractivity contribution in [3.8, 4) is 5.75 Å². The summed E-state index contributed by atoms with van der Waals surface area (Å²) in [7, 11) is 1.61. The first-order valence-electron chi connectivity index (χ1n) is 8.35. The van der Waals surface area contributed by atoms with Crippen molar-refractivity contribution >= 4 is 11.4 Å². The van der Waals surface area contributed by atoms with Crippen LogP contribution in [-0.2, 0) is 16.0 Å². The second kappa shape index (κ2) is 6.75. The molecule has 1 aromatic rings. The van der Waals surface area contributed by atoms with Crippen molar-refractivity contribution in [3.63, 3.8) is 0 Å². The average Bonchev–Trinajstić information content (AvgIpc) is 3.16. The van der Waals surface area contributed by atoms with Crippen LogP contribution in [0.1, 0.15) is 37.3 Å². The molecule has 3 rings (SSSR count). The van der Waals surface area contributed by atoms with Gasteiger partial charge in [-0.1, -0.05) is 13.0 Å². The van der Waals surface area contributed by atoms with Crippen LogP contribution < -0.4 is 4.74 Å². The van der Waals surface area contributed by atoms with Gasteiger partial charge in [-0.3, -0.25) is 4.79 Å². The van der Waals surface area contributed by atoms with E-state index >= 15 is 0 Å². The van der Waals surface area contributed by atoms with Gasteiger partial charge in [-0.05, 0) is 48.4 Å². The molecule has 2 aliphatic rings. The standard InChI is InChI=1S/C19H24O4/c1-3-13-4-5-15(22-2)10-16(13)18-17(20)9-14(19(18)21)8-12-6-7-23-11-12/h4-5,10,12,14,21H,3,6-9,11H2,1-2H3. The van der Waals surface area contributed by atoms with Crippen LogP contribution in [0.5, 0.6) is 5.75 Å². The molecule has 23 heavy (non-hydrogen) atoms. The number of carbonyl (C=O) groups excluding carboxylic acids is 1. The lowest BCUT2D eigenvalue weighted by atomic mass is 9.92. The summed E-state index contributed by atoms with van der Waals surface area (Å²) in [5.74, 6) is 1.38. The van der Waals surface area contributed by atoms with Crippen molar-refractivity contribution < 1.29 is 19.4 Å². The molecule has 1 aliphatic heterocycles. The Hall–Kier alpha value is -1.81. The van der Waals surface area contributed by atoms with Crippen molar-refractivity contribution in [1.82, 2.24) is 0 Å². The molecule has 1 aromatic carbocycles. The summed E-state index contributed by atoms with van der Waals surface area (Å²) in [6, 6.07) is 5.73. The van der Waals surface area contributed by atoms with E-state index < -0.39 is 0 Å². The van der Waals surface area contributed by atoms with E-state index in [4.69, 9.17) is 9.47 Å². The lowest BCUT2D eigenvalue weighted by molar-refractivity contribution is -0.113. The zero-order valence-corrected chi connectivity index (χ0v) is 13.8. The van der Waals surface area contributed by atoms with Gasteiger partial charge in [-0.25, -0.2) is 0 Å². The molecular formula is C19H24O4. The summed E-state index contributed by atoms with van der Waals surface area (Å²) in [5, 5.41) is 10.7. The number of ether oxygens (including phenoxy) is 2. The Labute approximate surface area is 137 Å². The van der Waals surface area contributed by atoms with Crippen molar-refractivity contribution in [2.24, 2.45) is 11.8 Å². The lowest BCUT2D eigenvalue weighted by Crippen LogP contribution is -2.09. The maximum atomic E-state index is 12.5. The summed E-state index contributed by atoms with van der Waals surface area (Å²) in [4.78, 5) is 12.5. The lowest BCUT2D eigenvalue weighted by Gasteiger charge is -2.14. The molecule has 0 amide bonds. The fraction of sp³-hybridized carbons (Fsp3) is 0.526. The summed E-state index contributed by atoms with van der Waals surface area (Å²) in [5.41, 5.74) is 2.37. The van der Waals surface area contributed by atoms with Gasteiger partial charge >= 0.3 is 0 Å². The highest BCUT2D eigenvalue weighted by atomic mass is 16.5. The van der Waals surface area contributed by atoms with E-state index in [0.29, 0.717) is 23.7 Å². The number of aryl methyl sites for hydroxylation is 1. The summed E-state index contributed by atoms with van der Waals surface area (Å²) in [6.45, 7) is 3.58. The number of hydrogen-bond donors (Lipinski definition) is 1. The van der Waals surface area contributed by atoms with Crippen LogP contribution in [0.3, 0.4) is 0 Å². The van der Waals surface area contributed by atoms with E-state index in [1.807, 2.05) is 18.2 Å². The Morgan fingerprint density at radius 3 is 2.87 bits per heavy atom. The average molecular weight is 316 g/mol. The Morgan fingerprint density at radius 1 is 1.39 bits per heavy atom. The molecule has 1 aliphatic carbocycles. The van der Waals surface area contributed by atoms with Gasteiger partial charge in [0.15, 0.2) is 5.78 Å². The first-order chi connectivity index (χ1) is 11.1. The van der Waals surface area contributed by atoms with E-state index in [-0.39, 0.29) is 17.5 Å². The van der Waals surface area contributed by atoms with Crippen molar-refractivity contribution in [3.05, 3.63) is 35.1 Å². The van der Waals surface area contributed by atoms with Gasteiger partial charge in [-0.2, -0.15) is 0 Å². The van der Waals surface area contributed by atoms with Gasteiger partial charge in [0.05, 0.1) is 12.7 Å². The van der Waals surface area contributed by atoms with Crippen LogP contribution in [0.15, 0.2) is 24.0 Å². The third-order valence-corrected chi connectivity index (χ3v) is 4.96. The number of ketones is 1. The second-order valence-corrected chi connectivity index (χ2v) is 6.43. The van der Waals surface area contributed by atoms with Crippen LogP contribution >= 0.6 is 0 Å². The van der Waals surface area contributed by atoms with Gasteiger partial charge in [0.2, 0.25) is 0 Å². The smallest absolute Gasteiger partial charge is 0.167 e. The quantitative estimate of drug-likeness (QED) is 0.902. The molecule has 1 heterocycles. The number of rotatable bonds is 5. The number of aliphatic hydroxyl groups excluding tert-OH is 1. The van der Waals surface area contributed by atoms with Crippen LogP contribution in [0.4, 0.5) is 0 Å². The normalized spacial score (nSPS) is 24.5. The monoisotopic (exact) mass is 316 g/mol. The molecule has 4 heteroatoms. The molecule has 2 unspecified atom stereocenters. The molecule has 0 bridgehead atoms. The fourth-order valence-electron chi connectivity index (χ4n) is 3.65. The minimum absolute atomic E-state index is 0.0365. The van der Waals surface area contributed by atoms with Gasteiger partial charge in [-0.15, -0.1) is 0 Å². The third-order valence-electron chi connectivity index (χ3n) is 4.96. The number of carbonyl (C=O) groups is 1. The van der Waals surface area contributed by atoms with Crippen LogP contribution in [0.25, 0.3) is 5.57 Å². The number of methoxy groups -OCH3 is 1. The van der Waals surface area contributed by atoms with Crippen LogP contribution in [0.2, 0.25) is 0 Å². The summed E-state index contributed by atoms with van der Waals surface area (Å²) < 4.78 is 10.7. The molecule has 0 spiro atoms. The Bertz CT molecular complexity index is 626. The summed E-state index contributed by atoms with van der Waals surface area (Å²) in [6.07, 6.45) is 3.06. The fourth-order valence-corrected chi connectivity index (χ4v) is 3.65. The molecule has 0 aromatic heterocycles. The molecule has 0 saturated carbocycles. The van der Waals surface area contributed by atoms with Gasteiger partial charge in [0, 0.05) is 25.6 Å². The van der Waals surface area contributed by atoms with E-state index in [1.54, 1.807) is 7.11 Å². The molecule has 1 saturated heterocycles. The molecule has 124 valence electrons. The van der Waals surface area contributed by atoms with Gasteiger partial charge in [0.1, 0.15) is 11.5 Å². The van der Waals surface area contributed by atoms with E-state index in [0.717, 1.165) is 43.6 Å². The third kappa shape index (κ3) is 3.13. The highest BCUT2D eigenvalue weighted by molar-refractivity contribution is 6.24. The first-order valence-corrected chi connectivity index (χ1v) is 8.35. The minimum Gasteiger partial charge on any atom is -0.511 e.